The quantitative estimate of drug-likeness (QED) is 0.902. The van der Waals surface area contributed by atoms with E-state index in [1.165, 1.54) is 0 Å². The molecule has 0 aliphatic heterocycles. The number of nitrogens with zero attached hydrogens (tertiary/aromatic N) is 2. The predicted molar refractivity (Wildman–Crippen MR) is 60.0 cm³/mol. The van der Waals surface area contributed by atoms with Crippen LogP contribution in [0.4, 0.5) is 5.82 Å². The van der Waals surface area contributed by atoms with Crippen LogP contribution in [0.25, 0.3) is 0 Å². The second-order valence-electron chi connectivity index (χ2n) is 3.44. The molecule has 0 saturated carbocycles. The van der Waals surface area contributed by atoms with Gasteiger partial charge in [0.1, 0.15) is 11.9 Å². The third-order valence-corrected chi connectivity index (χ3v) is 2.09. The number of rotatable bonds is 3. The zero-order chi connectivity index (χ0) is 10.6. The van der Waals surface area contributed by atoms with Gasteiger partial charge in [-0.15, -0.1) is 0 Å². The van der Waals surface area contributed by atoms with E-state index in [1.807, 2.05) is 0 Å². The molecule has 14 heavy (non-hydrogen) atoms. The van der Waals surface area contributed by atoms with Crippen LogP contribution in [0.3, 0.4) is 0 Å². The van der Waals surface area contributed by atoms with Crippen LogP contribution < -0.4 is 5.32 Å². The van der Waals surface area contributed by atoms with Crippen LogP contribution in [-0.2, 0) is 0 Å². The Bertz CT molecular complexity index is 355. The normalized spacial score (nSPS) is 9.93. The van der Waals surface area contributed by atoms with Gasteiger partial charge < -0.3 is 5.32 Å². The van der Waals surface area contributed by atoms with Crippen LogP contribution in [0.1, 0.15) is 19.4 Å². The molecule has 0 saturated heterocycles. The number of hydrogen-bond donors (Lipinski definition) is 1. The minimum absolute atomic E-state index is 0.534. The van der Waals surface area contributed by atoms with Gasteiger partial charge in [0, 0.05) is 17.2 Å². The zero-order valence-corrected chi connectivity index (χ0v) is 9.80. The van der Waals surface area contributed by atoms with Gasteiger partial charge in [-0.3, -0.25) is 0 Å². The molecule has 0 unspecified atom stereocenters. The minimum Gasteiger partial charge on any atom is -0.369 e. The fraction of sp³-hybridized carbons (Fsp3) is 0.400. The van der Waals surface area contributed by atoms with Crippen LogP contribution in [0.2, 0.25) is 0 Å². The molecule has 0 atom stereocenters. The summed E-state index contributed by atoms with van der Waals surface area (Å²) in [6.45, 7) is 5.04. The molecule has 0 fully saturated rings. The Morgan fingerprint density at radius 2 is 2.36 bits per heavy atom. The highest BCUT2D eigenvalue weighted by atomic mass is 79.9. The summed E-state index contributed by atoms with van der Waals surface area (Å²) in [5, 5.41) is 12.0. The molecule has 74 valence electrons. The van der Waals surface area contributed by atoms with Crippen molar-refractivity contribution in [3.05, 3.63) is 22.3 Å². The predicted octanol–water partition coefficient (Wildman–Crippen LogP) is 2.78. The highest BCUT2D eigenvalue weighted by Crippen LogP contribution is 2.17. The van der Waals surface area contributed by atoms with Crippen LogP contribution in [-0.4, -0.2) is 11.5 Å². The lowest BCUT2D eigenvalue weighted by atomic mass is 10.2. The van der Waals surface area contributed by atoms with Gasteiger partial charge in [-0.25, -0.2) is 4.98 Å². The lowest BCUT2D eigenvalue weighted by Gasteiger charge is -2.09. The van der Waals surface area contributed by atoms with Gasteiger partial charge in [0.15, 0.2) is 0 Å². The smallest absolute Gasteiger partial charge is 0.143 e. The highest BCUT2D eigenvalue weighted by molar-refractivity contribution is 9.10. The summed E-state index contributed by atoms with van der Waals surface area (Å²) in [6, 6.07) is 3.86. The fourth-order valence-corrected chi connectivity index (χ4v) is 1.30. The molecule has 4 heteroatoms. The summed E-state index contributed by atoms with van der Waals surface area (Å²) in [7, 11) is 0. The van der Waals surface area contributed by atoms with Gasteiger partial charge in [-0.2, -0.15) is 5.26 Å². The number of aromatic nitrogens is 1. The SMILES string of the molecule is CC(C)CNc1ncc(Br)cc1C#N. The van der Waals surface area contributed by atoms with E-state index >= 15 is 0 Å². The second kappa shape index (κ2) is 4.97. The first-order valence-corrected chi connectivity index (χ1v) is 5.22. The molecule has 1 heterocycles. The van der Waals surface area contributed by atoms with Crippen molar-refractivity contribution < 1.29 is 0 Å². The molecule has 1 rings (SSSR count). The van der Waals surface area contributed by atoms with Crippen molar-refractivity contribution in [3.63, 3.8) is 0 Å². The average Bonchev–Trinajstić information content (AvgIpc) is 2.15. The van der Waals surface area contributed by atoms with Gasteiger partial charge in [0.2, 0.25) is 0 Å². The Kier molecular flexibility index (Phi) is 3.90. The number of anilines is 1. The highest BCUT2D eigenvalue weighted by Gasteiger charge is 2.04. The summed E-state index contributed by atoms with van der Waals surface area (Å²) in [6.07, 6.45) is 1.68. The van der Waals surface area contributed by atoms with Gasteiger partial charge in [-0.05, 0) is 27.9 Å². The van der Waals surface area contributed by atoms with E-state index in [2.05, 4.69) is 46.1 Å². The number of halogens is 1. The third-order valence-electron chi connectivity index (χ3n) is 1.65. The standard InChI is InChI=1S/C10H12BrN3/c1-7(2)5-13-10-8(4-12)3-9(11)6-14-10/h3,6-7H,5H2,1-2H3,(H,13,14). The minimum atomic E-state index is 0.534. The van der Waals surface area contributed by atoms with E-state index in [0.717, 1.165) is 11.0 Å². The molecular formula is C10H12BrN3. The number of nitriles is 1. The van der Waals surface area contributed by atoms with Crippen molar-refractivity contribution in [3.8, 4) is 6.07 Å². The number of pyridine rings is 1. The Hall–Kier alpha value is -1.08. The largest absolute Gasteiger partial charge is 0.369 e. The molecule has 0 amide bonds. The van der Waals surface area contributed by atoms with Crippen molar-refractivity contribution in [2.75, 3.05) is 11.9 Å². The first-order chi connectivity index (χ1) is 6.63. The van der Waals surface area contributed by atoms with E-state index < -0.39 is 0 Å². The van der Waals surface area contributed by atoms with Crippen molar-refractivity contribution in [1.29, 1.82) is 5.26 Å². The first kappa shape index (κ1) is 11.0. The topological polar surface area (TPSA) is 48.7 Å². The summed E-state index contributed by atoms with van der Waals surface area (Å²) in [4.78, 5) is 4.14. The van der Waals surface area contributed by atoms with E-state index in [9.17, 15) is 0 Å². The van der Waals surface area contributed by atoms with Gasteiger partial charge in [0.25, 0.3) is 0 Å². The zero-order valence-electron chi connectivity index (χ0n) is 8.21. The molecule has 0 spiro atoms. The molecule has 0 bridgehead atoms. The van der Waals surface area contributed by atoms with Gasteiger partial charge >= 0.3 is 0 Å². The molecule has 0 aliphatic carbocycles. The number of nitrogens with one attached hydrogen (secondary N) is 1. The van der Waals surface area contributed by atoms with Crippen molar-refractivity contribution >= 4 is 21.7 Å². The molecule has 1 aromatic heterocycles. The maximum atomic E-state index is 8.86. The van der Waals surface area contributed by atoms with Crippen molar-refractivity contribution in [2.24, 2.45) is 5.92 Å². The van der Waals surface area contributed by atoms with Crippen LogP contribution >= 0.6 is 15.9 Å². The summed E-state index contributed by atoms with van der Waals surface area (Å²) in [5.41, 5.74) is 0.569. The molecule has 0 radical (unpaired) electrons. The Morgan fingerprint density at radius 1 is 1.64 bits per heavy atom. The fourth-order valence-electron chi connectivity index (χ4n) is 0.966. The maximum absolute atomic E-state index is 8.86. The van der Waals surface area contributed by atoms with Crippen molar-refractivity contribution in [2.45, 2.75) is 13.8 Å². The summed E-state index contributed by atoms with van der Waals surface area (Å²) in [5.74, 6) is 1.19. The van der Waals surface area contributed by atoms with Gasteiger partial charge in [0.05, 0.1) is 5.56 Å². The van der Waals surface area contributed by atoms with E-state index in [0.29, 0.717) is 17.3 Å². The van der Waals surface area contributed by atoms with E-state index in [-0.39, 0.29) is 0 Å². The van der Waals surface area contributed by atoms with Crippen LogP contribution in [0, 0.1) is 17.2 Å². The molecular weight excluding hydrogens is 242 g/mol. The monoisotopic (exact) mass is 253 g/mol. The lowest BCUT2D eigenvalue weighted by Crippen LogP contribution is -2.10. The average molecular weight is 254 g/mol. The Labute approximate surface area is 92.3 Å². The molecule has 1 aromatic rings. The first-order valence-electron chi connectivity index (χ1n) is 4.43. The summed E-state index contributed by atoms with van der Waals surface area (Å²) < 4.78 is 0.823. The Morgan fingerprint density at radius 3 is 2.93 bits per heavy atom. The number of hydrogen-bond acceptors (Lipinski definition) is 3. The molecule has 3 nitrogen and oxygen atoms in total. The van der Waals surface area contributed by atoms with Gasteiger partial charge in [-0.1, -0.05) is 13.8 Å². The Balaban J connectivity index is 2.82. The lowest BCUT2D eigenvalue weighted by molar-refractivity contribution is 0.687. The molecule has 1 N–H and O–H groups in total. The third kappa shape index (κ3) is 3.00. The maximum Gasteiger partial charge on any atom is 0.143 e. The van der Waals surface area contributed by atoms with Crippen LogP contribution in [0.15, 0.2) is 16.7 Å². The second-order valence-corrected chi connectivity index (χ2v) is 4.35. The summed E-state index contributed by atoms with van der Waals surface area (Å²) >= 11 is 3.28. The molecule has 0 aliphatic rings. The molecule has 0 aromatic carbocycles. The van der Waals surface area contributed by atoms with E-state index in [4.69, 9.17) is 5.26 Å². The van der Waals surface area contributed by atoms with Crippen molar-refractivity contribution in [1.82, 2.24) is 4.98 Å². The van der Waals surface area contributed by atoms with Crippen LogP contribution in [0.5, 0.6) is 0 Å². The van der Waals surface area contributed by atoms with E-state index in [1.54, 1.807) is 12.3 Å².